The standard InChI is InChI=1S/C19H24N2O/c1-19(2)15(13-9-5-3-6-10-13)16(19)18-20-17(21-22-18)14-11-7-4-8-12-14/h3,5-6,9-10,14-16H,4,7-8,11-12H2,1-2H3/t15-,16+/m1/s1. The van der Waals surface area contributed by atoms with E-state index >= 15 is 0 Å². The summed E-state index contributed by atoms with van der Waals surface area (Å²) in [6.07, 6.45) is 6.39. The van der Waals surface area contributed by atoms with E-state index in [-0.39, 0.29) is 5.41 Å². The SMILES string of the molecule is CC1(C)[C@H](c2ccccc2)[C@H]1c1nc(C2CCCCC2)no1. The van der Waals surface area contributed by atoms with Crippen LogP contribution in [0.5, 0.6) is 0 Å². The Morgan fingerprint density at radius 3 is 2.45 bits per heavy atom. The van der Waals surface area contributed by atoms with E-state index in [9.17, 15) is 0 Å². The Morgan fingerprint density at radius 1 is 1.00 bits per heavy atom. The van der Waals surface area contributed by atoms with Crippen molar-refractivity contribution in [3.8, 4) is 0 Å². The fourth-order valence-corrected chi connectivity index (χ4v) is 4.28. The van der Waals surface area contributed by atoms with E-state index in [1.807, 2.05) is 0 Å². The number of hydrogen-bond acceptors (Lipinski definition) is 3. The summed E-state index contributed by atoms with van der Waals surface area (Å²) in [6, 6.07) is 10.7. The molecule has 0 N–H and O–H groups in total. The quantitative estimate of drug-likeness (QED) is 0.798. The van der Waals surface area contributed by atoms with E-state index in [4.69, 9.17) is 9.51 Å². The normalized spacial score (nSPS) is 27.7. The summed E-state index contributed by atoms with van der Waals surface area (Å²) in [5, 5.41) is 4.31. The topological polar surface area (TPSA) is 38.9 Å². The van der Waals surface area contributed by atoms with Crippen LogP contribution in [-0.4, -0.2) is 10.1 Å². The maximum atomic E-state index is 5.67. The highest BCUT2D eigenvalue weighted by Gasteiger charge is 2.61. The van der Waals surface area contributed by atoms with Crippen LogP contribution in [0.15, 0.2) is 34.9 Å². The van der Waals surface area contributed by atoms with Crippen LogP contribution in [0.1, 0.15) is 81.0 Å². The molecule has 0 aliphatic heterocycles. The summed E-state index contributed by atoms with van der Waals surface area (Å²) in [6.45, 7) is 4.61. The van der Waals surface area contributed by atoms with Crippen molar-refractivity contribution < 1.29 is 4.52 Å². The van der Waals surface area contributed by atoms with Gasteiger partial charge < -0.3 is 4.52 Å². The highest BCUT2D eigenvalue weighted by atomic mass is 16.5. The van der Waals surface area contributed by atoms with Crippen LogP contribution in [0.25, 0.3) is 0 Å². The second-order valence-electron chi connectivity index (χ2n) is 7.51. The second kappa shape index (κ2) is 5.22. The molecule has 2 aliphatic carbocycles. The third-order valence-electron chi connectivity index (χ3n) is 5.68. The Morgan fingerprint density at radius 2 is 1.73 bits per heavy atom. The molecule has 116 valence electrons. The van der Waals surface area contributed by atoms with Crippen molar-refractivity contribution >= 4 is 0 Å². The molecule has 2 fully saturated rings. The Bertz CT molecular complexity index is 640. The van der Waals surface area contributed by atoms with Gasteiger partial charge in [-0.1, -0.05) is 68.6 Å². The molecule has 0 bridgehead atoms. The van der Waals surface area contributed by atoms with Gasteiger partial charge in [0.15, 0.2) is 5.82 Å². The molecule has 3 heteroatoms. The number of rotatable bonds is 3. The Balaban J connectivity index is 1.56. The third-order valence-corrected chi connectivity index (χ3v) is 5.68. The number of nitrogens with zero attached hydrogens (tertiary/aromatic N) is 2. The number of aromatic nitrogens is 2. The van der Waals surface area contributed by atoms with Crippen LogP contribution in [0.3, 0.4) is 0 Å². The van der Waals surface area contributed by atoms with Gasteiger partial charge in [-0.15, -0.1) is 0 Å². The summed E-state index contributed by atoms with van der Waals surface area (Å²) in [5.74, 6) is 3.17. The summed E-state index contributed by atoms with van der Waals surface area (Å²) in [4.78, 5) is 4.79. The van der Waals surface area contributed by atoms with Gasteiger partial charge in [0.05, 0.1) is 5.92 Å². The van der Waals surface area contributed by atoms with Crippen LogP contribution in [-0.2, 0) is 0 Å². The van der Waals surface area contributed by atoms with Gasteiger partial charge in [0, 0.05) is 11.8 Å². The van der Waals surface area contributed by atoms with Crippen molar-refractivity contribution in [2.45, 2.75) is 63.7 Å². The molecule has 3 nitrogen and oxygen atoms in total. The van der Waals surface area contributed by atoms with Gasteiger partial charge in [0.2, 0.25) is 5.89 Å². The number of benzene rings is 1. The lowest BCUT2D eigenvalue weighted by atomic mass is 9.89. The van der Waals surface area contributed by atoms with Gasteiger partial charge >= 0.3 is 0 Å². The molecular formula is C19H24N2O. The van der Waals surface area contributed by atoms with Crippen LogP contribution in [0, 0.1) is 5.41 Å². The molecule has 1 aromatic carbocycles. The van der Waals surface area contributed by atoms with Gasteiger partial charge in [0.25, 0.3) is 0 Å². The van der Waals surface area contributed by atoms with E-state index in [0.717, 1.165) is 11.7 Å². The molecule has 4 rings (SSSR count). The van der Waals surface area contributed by atoms with Crippen molar-refractivity contribution in [3.63, 3.8) is 0 Å². The van der Waals surface area contributed by atoms with Crippen molar-refractivity contribution in [2.75, 3.05) is 0 Å². The van der Waals surface area contributed by atoms with E-state index < -0.39 is 0 Å². The highest BCUT2D eigenvalue weighted by molar-refractivity contribution is 5.37. The zero-order chi connectivity index (χ0) is 15.2. The molecule has 1 heterocycles. The first-order valence-corrected chi connectivity index (χ1v) is 8.56. The minimum Gasteiger partial charge on any atom is -0.339 e. The van der Waals surface area contributed by atoms with E-state index in [0.29, 0.717) is 17.8 Å². The maximum Gasteiger partial charge on any atom is 0.230 e. The zero-order valence-electron chi connectivity index (χ0n) is 13.5. The van der Waals surface area contributed by atoms with Gasteiger partial charge in [-0.25, -0.2) is 0 Å². The minimum atomic E-state index is 0.206. The first-order chi connectivity index (χ1) is 10.7. The molecule has 0 saturated heterocycles. The third kappa shape index (κ3) is 2.27. The molecule has 1 aromatic heterocycles. The van der Waals surface area contributed by atoms with Crippen LogP contribution >= 0.6 is 0 Å². The average molecular weight is 296 g/mol. The number of hydrogen-bond donors (Lipinski definition) is 0. The summed E-state index contributed by atoms with van der Waals surface area (Å²) in [7, 11) is 0. The second-order valence-corrected chi connectivity index (χ2v) is 7.51. The van der Waals surface area contributed by atoms with Crippen molar-refractivity contribution in [2.24, 2.45) is 5.41 Å². The van der Waals surface area contributed by atoms with Crippen molar-refractivity contribution in [1.29, 1.82) is 0 Å². The van der Waals surface area contributed by atoms with Crippen LogP contribution < -0.4 is 0 Å². The fourth-order valence-electron chi connectivity index (χ4n) is 4.28. The molecular weight excluding hydrogens is 272 g/mol. The summed E-state index contributed by atoms with van der Waals surface area (Å²) >= 11 is 0. The summed E-state index contributed by atoms with van der Waals surface area (Å²) in [5.41, 5.74) is 1.59. The molecule has 0 spiro atoms. The van der Waals surface area contributed by atoms with E-state index in [2.05, 4.69) is 49.3 Å². The highest BCUT2D eigenvalue weighted by Crippen LogP contribution is 2.69. The van der Waals surface area contributed by atoms with Gasteiger partial charge in [-0.05, 0) is 23.8 Å². The molecule has 0 amide bonds. The first-order valence-electron chi connectivity index (χ1n) is 8.56. The smallest absolute Gasteiger partial charge is 0.230 e. The van der Waals surface area contributed by atoms with Gasteiger partial charge in [-0.2, -0.15) is 4.98 Å². The van der Waals surface area contributed by atoms with Gasteiger partial charge in [0.1, 0.15) is 0 Å². The van der Waals surface area contributed by atoms with Crippen molar-refractivity contribution in [3.05, 3.63) is 47.6 Å². The average Bonchev–Trinajstić information content (AvgIpc) is 2.90. The molecule has 0 unspecified atom stereocenters. The van der Waals surface area contributed by atoms with Crippen molar-refractivity contribution in [1.82, 2.24) is 10.1 Å². The Kier molecular flexibility index (Phi) is 3.32. The maximum absolute atomic E-state index is 5.67. The minimum absolute atomic E-state index is 0.206. The lowest BCUT2D eigenvalue weighted by molar-refractivity contribution is 0.351. The lowest BCUT2D eigenvalue weighted by Gasteiger charge is -2.17. The fraction of sp³-hybridized carbons (Fsp3) is 0.579. The molecule has 2 aliphatic rings. The summed E-state index contributed by atoms with van der Waals surface area (Å²) < 4.78 is 5.67. The van der Waals surface area contributed by atoms with Crippen LogP contribution in [0.4, 0.5) is 0 Å². The lowest BCUT2D eigenvalue weighted by Crippen LogP contribution is -2.06. The largest absolute Gasteiger partial charge is 0.339 e. The first kappa shape index (κ1) is 14.0. The molecule has 22 heavy (non-hydrogen) atoms. The van der Waals surface area contributed by atoms with E-state index in [1.165, 1.54) is 37.7 Å². The zero-order valence-corrected chi connectivity index (χ0v) is 13.5. The van der Waals surface area contributed by atoms with E-state index in [1.54, 1.807) is 0 Å². The monoisotopic (exact) mass is 296 g/mol. The van der Waals surface area contributed by atoms with Gasteiger partial charge in [-0.3, -0.25) is 0 Å². The molecule has 2 aromatic rings. The Hall–Kier alpha value is -1.64. The molecule has 2 atom stereocenters. The Labute approximate surface area is 132 Å². The predicted octanol–water partition coefficient (Wildman–Crippen LogP) is 5.02. The molecule has 2 saturated carbocycles. The molecule has 0 radical (unpaired) electrons. The van der Waals surface area contributed by atoms with Crippen LogP contribution in [0.2, 0.25) is 0 Å². The predicted molar refractivity (Wildman–Crippen MR) is 85.8 cm³/mol.